The molecular weight excluding hydrogens is 484 g/mol. The Morgan fingerprint density at radius 1 is 1.14 bits per heavy atom. The van der Waals surface area contributed by atoms with E-state index in [9.17, 15) is 39.6 Å². The van der Waals surface area contributed by atoms with Crippen LogP contribution in [0.25, 0.3) is 5.76 Å². The Morgan fingerprint density at radius 3 is 2.30 bits per heavy atom. The van der Waals surface area contributed by atoms with Crippen molar-refractivity contribution in [2.45, 2.75) is 44.4 Å². The third kappa shape index (κ3) is 3.48. The number of aliphatic hydroxyl groups is 3. The lowest BCUT2D eigenvalue weighted by Crippen LogP contribution is -2.71. The predicted molar refractivity (Wildman–Crippen MR) is 129 cm³/mol. The van der Waals surface area contributed by atoms with Gasteiger partial charge >= 0.3 is 5.97 Å². The van der Waals surface area contributed by atoms with Crippen LogP contribution >= 0.6 is 0 Å². The molecule has 6 unspecified atom stereocenters. The Kier molecular flexibility index (Phi) is 6.20. The molecule has 0 aliphatic heterocycles. The van der Waals surface area contributed by atoms with Crippen LogP contribution in [0.1, 0.15) is 37.8 Å². The molecular formula is C26H30N2O9. The first-order chi connectivity index (χ1) is 17.2. The van der Waals surface area contributed by atoms with Crippen molar-refractivity contribution >= 4 is 29.2 Å². The molecule has 198 valence electrons. The SMILES string of the molecule is CC(C)C(=O)OC1C2C(=C(O)c3c(O)cccc3C2C)C(=O)C2(O)C(O)=C(C(N)=O)C(=O)C(N(C)C)C12. The van der Waals surface area contributed by atoms with Crippen LogP contribution in [0.5, 0.6) is 5.75 Å². The van der Waals surface area contributed by atoms with Crippen LogP contribution in [0.4, 0.5) is 0 Å². The third-order valence-corrected chi connectivity index (χ3v) is 7.69. The average molecular weight is 515 g/mol. The minimum absolute atomic E-state index is 0.0415. The van der Waals surface area contributed by atoms with Gasteiger partial charge in [-0.1, -0.05) is 32.9 Å². The van der Waals surface area contributed by atoms with E-state index < -0.39 is 87.5 Å². The number of fused-ring (bicyclic) bond motifs is 3. The van der Waals surface area contributed by atoms with Crippen molar-refractivity contribution < 1.29 is 44.3 Å². The van der Waals surface area contributed by atoms with Gasteiger partial charge in [0.05, 0.1) is 23.4 Å². The van der Waals surface area contributed by atoms with E-state index in [0.29, 0.717) is 5.56 Å². The second kappa shape index (κ2) is 8.70. The van der Waals surface area contributed by atoms with Crippen LogP contribution in [0, 0.1) is 17.8 Å². The summed E-state index contributed by atoms with van der Waals surface area (Å²) in [6.45, 7) is 4.85. The number of likely N-dealkylation sites (N-methyl/N-ethyl adjacent to an activating group) is 1. The van der Waals surface area contributed by atoms with E-state index in [2.05, 4.69) is 0 Å². The highest BCUT2D eigenvalue weighted by molar-refractivity contribution is 6.24. The highest BCUT2D eigenvalue weighted by Crippen LogP contribution is 2.56. The van der Waals surface area contributed by atoms with Gasteiger partial charge in [-0.2, -0.15) is 0 Å². The van der Waals surface area contributed by atoms with Gasteiger partial charge in [-0.05, 0) is 31.6 Å². The van der Waals surface area contributed by atoms with Crippen LogP contribution in [0.15, 0.2) is 35.1 Å². The number of phenolic OH excluding ortho intramolecular Hbond substituents is 1. The molecule has 0 spiro atoms. The Labute approximate surface area is 212 Å². The summed E-state index contributed by atoms with van der Waals surface area (Å²) < 4.78 is 5.85. The van der Waals surface area contributed by atoms with Gasteiger partial charge in [0.15, 0.2) is 11.4 Å². The number of nitrogens with two attached hydrogens (primary N) is 1. The van der Waals surface area contributed by atoms with Crippen LogP contribution in [0.3, 0.4) is 0 Å². The molecule has 0 saturated heterocycles. The molecule has 0 radical (unpaired) electrons. The molecule has 11 nitrogen and oxygen atoms in total. The van der Waals surface area contributed by atoms with E-state index in [1.165, 1.54) is 25.1 Å². The average Bonchev–Trinajstić information content (AvgIpc) is 2.80. The largest absolute Gasteiger partial charge is 0.508 e. The number of nitrogens with zero attached hydrogens (tertiary/aromatic N) is 1. The summed E-state index contributed by atoms with van der Waals surface area (Å²) in [5.41, 5.74) is 1.47. The summed E-state index contributed by atoms with van der Waals surface area (Å²) in [6, 6.07) is 3.10. The lowest BCUT2D eigenvalue weighted by atomic mass is 9.54. The molecule has 6 atom stereocenters. The van der Waals surface area contributed by atoms with Gasteiger partial charge in [0.1, 0.15) is 28.9 Å². The summed E-state index contributed by atoms with van der Waals surface area (Å²) in [4.78, 5) is 53.9. The highest BCUT2D eigenvalue weighted by atomic mass is 16.5. The fourth-order valence-corrected chi connectivity index (χ4v) is 5.96. The molecule has 6 N–H and O–H groups in total. The van der Waals surface area contributed by atoms with Crippen molar-refractivity contribution in [2.75, 3.05) is 14.1 Å². The van der Waals surface area contributed by atoms with Crippen molar-refractivity contribution in [1.29, 1.82) is 0 Å². The Bertz CT molecular complexity index is 1290. The Hall–Kier alpha value is -3.70. The van der Waals surface area contributed by atoms with Crippen molar-refractivity contribution in [1.82, 2.24) is 4.90 Å². The number of Topliss-reactive ketones (excluding diaryl/α,β-unsaturated/α-hetero) is 2. The van der Waals surface area contributed by atoms with E-state index in [1.54, 1.807) is 32.9 Å². The number of hydrogen-bond acceptors (Lipinski definition) is 10. The molecule has 3 aliphatic carbocycles. The van der Waals surface area contributed by atoms with Gasteiger partial charge in [0.25, 0.3) is 5.91 Å². The number of carbonyl (C=O) groups excluding carboxylic acids is 4. The number of carbonyl (C=O) groups is 4. The minimum Gasteiger partial charge on any atom is -0.508 e. The van der Waals surface area contributed by atoms with Crippen LogP contribution in [-0.4, -0.2) is 80.6 Å². The molecule has 0 bridgehead atoms. The Balaban J connectivity index is 2.11. The normalized spacial score (nSPS) is 31.3. The molecule has 1 aromatic rings. The number of phenols is 1. The maximum absolute atomic E-state index is 14.0. The van der Waals surface area contributed by atoms with E-state index >= 15 is 0 Å². The van der Waals surface area contributed by atoms with E-state index in [0.717, 1.165) is 0 Å². The second-order valence-electron chi connectivity index (χ2n) is 10.4. The van der Waals surface area contributed by atoms with Gasteiger partial charge in [0.2, 0.25) is 5.78 Å². The fraction of sp³-hybridized carbons (Fsp3) is 0.462. The number of benzene rings is 1. The topological polar surface area (TPSA) is 188 Å². The summed E-state index contributed by atoms with van der Waals surface area (Å²) in [6.07, 6.45) is -1.41. The molecule has 37 heavy (non-hydrogen) atoms. The molecule has 0 heterocycles. The molecule has 1 fully saturated rings. The van der Waals surface area contributed by atoms with Crippen molar-refractivity contribution in [3.63, 3.8) is 0 Å². The lowest BCUT2D eigenvalue weighted by molar-refractivity contribution is -0.187. The van der Waals surface area contributed by atoms with Gasteiger partial charge < -0.3 is 30.9 Å². The van der Waals surface area contributed by atoms with Gasteiger partial charge in [-0.25, -0.2) is 0 Å². The number of hydrogen-bond donors (Lipinski definition) is 5. The number of esters is 1. The highest BCUT2D eigenvalue weighted by Gasteiger charge is 2.69. The minimum atomic E-state index is -2.95. The predicted octanol–water partition coefficient (Wildman–Crippen LogP) is 0.703. The maximum Gasteiger partial charge on any atom is 0.308 e. The van der Waals surface area contributed by atoms with Crippen molar-refractivity contribution in [3.8, 4) is 5.75 Å². The zero-order valence-corrected chi connectivity index (χ0v) is 21.1. The quantitative estimate of drug-likeness (QED) is 0.283. The number of amides is 1. The van der Waals surface area contributed by atoms with Crippen molar-refractivity contribution in [2.24, 2.45) is 23.5 Å². The molecule has 1 saturated carbocycles. The van der Waals surface area contributed by atoms with Gasteiger partial charge in [-0.15, -0.1) is 0 Å². The number of rotatable bonds is 4. The molecule has 1 aromatic carbocycles. The number of primary amides is 1. The Morgan fingerprint density at radius 2 is 1.76 bits per heavy atom. The zero-order chi connectivity index (χ0) is 27.7. The van der Waals surface area contributed by atoms with Crippen LogP contribution in [0.2, 0.25) is 0 Å². The summed E-state index contributed by atoms with van der Waals surface area (Å²) in [7, 11) is 2.94. The number of aromatic hydroxyl groups is 1. The monoisotopic (exact) mass is 514 g/mol. The zero-order valence-electron chi connectivity index (χ0n) is 21.1. The first-order valence-corrected chi connectivity index (χ1v) is 11.8. The second-order valence-corrected chi connectivity index (χ2v) is 10.4. The third-order valence-electron chi connectivity index (χ3n) is 7.69. The maximum atomic E-state index is 14.0. The number of ether oxygens (including phenoxy) is 1. The fourth-order valence-electron chi connectivity index (χ4n) is 5.96. The molecule has 1 amide bonds. The van der Waals surface area contributed by atoms with E-state index in [1.807, 2.05) is 0 Å². The van der Waals surface area contributed by atoms with Gasteiger partial charge in [-0.3, -0.25) is 24.1 Å². The molecule has 0 aromatic heterocycles. The summed E-state index contributed by atoms with van der Waals surface area (Å²) in [5.74, 6) is -10.3. The molecule has 4 rings (SSSR count). The van der Waals surface area contributed by atoms with Crippen LogP contribution in [-0.2, 0) is 23.9 Å². The lowest BCUT2D eigenvalue weighted by Gasteiger charge is -2.54. The number of aliphatic hydroxyl groups excluding tert-OH is 2. The first-order valence-electron chi connectivity index (χ1n) is 11.8. The molecule has 11 heteroatoms. The van der Waals surface area contributed by atoms with Crippen molar-refractivity contribution in [3.05, 3.63) is 46.2 Å². The summed E-state index contributed by atoms with van der Waals surface area (Å²) >= 11 is 0. The first kappa shape index (κ1) is 26.4. The molecule has 3 aliphatic rings. The van der Waals surface area contributed by atoms with E-state index in [4.69, 9.17) is 10.5 Å². The van der Waals surface area contributed by atoms with Gasteiger partial charge in [0, 0.05) is 11.5 Å². The number of ketones is 2. The van der Waals surface area contributed by atoms with Crippen LogP contribution < -0.4 is 5.73 Å². The van der Waals surface area contributed by atoms with E-state index in [-0.39, 0.29) is 11.3 Å². The smallest absolute Gasteiger partial charge is 0.308 e. The standard InChI is InChI=1S/C26H30N2O9/c1-9(2)25(35)37-21-13-10(3)11-7-6-8-12(29)14(11)19(30)15(13)22(32)26(36)17(21)18(28(4)5)20(31)16(23(26)33)24(27)34/h6-10,13,17-18,21,29-30,33,36H,1-5H3,(H2,27,34). The summed E-state index contributed by atoms with van der Waals surface area (Å²) in [5, 5.41) is 44.7.